The predicted molar refractivity (Wildman–Crippen MR) is 111 cm³/mol. The first kappa shape index (κ1) is 29.1. The molecule has 9 N–H and O–H groups in total. The fourth-order valence-electron chi connectivity index (χ4n) is 2.29. The molecule has 15 heteroatoms. The average molecular weight is 480 g/mol. The molecule has 3 amide bonds. The van der Waals surface area contributed by atoms with Gasteiger partial charge < -0.3 is 42.1 Å². The number of thioether (sulfide) groups is 1. The van der Waals surface area contributed by atoms with Gasteiger partial charge in [0.1, 0.15) is 24.2 Å². The summed E-state index contributed by atoms with van der Waals surface area (Å²) in [7, 11) is 0. The van der Waals surface area contributed by atoms with Crippen molar-refractivity contribution in [2.45, 2.75) is 56.5 Å². The molecule has 0 aliphatic heterocycles. The lowest BCUT2D eigenvalue weighted by atomic mass is 10.1. The zero-order valence-electron chi connectivity index (χ0n) is 17.4. The second-order valence-corrected chi connectivity index (χ2v) is 7.75. The third kappa shape index (κ3) is 10.9. The quantitative estimate of drug-likeness (QED) is 0.116. The standard InChI is InChI=1S/C17H28N4O10S/c1-7(22)13(18)16(29)19-8(3-4-32-2)14(27)20-9(5-11(23)24)15(28)21-10(17(30)31)6-12(25)26/h7-10,13,22H,3-6,18H2,1-2H3,(H,19,29)(H,20,27)(H,21,28)(H,23,24)(H,25,26)(H,30,31). The number of nitrogens with one attached hydrogen (secondary N) is 3. The molecule has 0 saturated heterocycles. The first-order chi connectivity index (χ1) is 14.8. The highest BCUT2D eigenvalue weighted by atomic mass is 32.2. The first-order valence-corrected chi connectivity index (χ1v) is 10.7. The average Bonchev–Trinajstić information content (AvgIpc) is 2.68. The van der Waals surface area contributed by atoms with Gasteiger partial charge >= 0.3 is 17.9 Å². The highest BCUT2D eigenvalue weighted by Crippen LogP contribution is 2.05. The summed E-state index contributed by atoms with van der Waals surface area (Å²) in [6.07, 6.45) is -1.32. The number of aliphatic hydroxyl groups is 1. The number of aliphatic hydroxyl groups excluding tert-OH is 1. The lowest BCUT2D eigenvalue weighted by Gasteiger charge is -2.24. The van der Waals surface area contributed by atoms with Crippen molar-refractivity contribution < 1.29 is 49.2 Å². The van der Waals surface area contributed by atoms with Crippen LogP contribution < -0.4 is 21.7 Å². The van der Waals surface area contributed by atoms with Crippen LogP contribution in [0.4, 0.5) is 0 Å². The third-order valence-corrected chi connectivity index (χ3v) is 4.72. The number of aliphatic carboxylic acids is 3. The maximum atomic E-state index is 12.6. The van der Waals surface area contributed by atoms with Crippen LogP contribution >= 0.6 is 11.8 Å². The van der Waals surface area contributed by atoms with Crippen molar-refractivity contribution in [3.8, 4) is 0 Å². The van der Waals surface area contributed by atoms with Gasteiger partial charge in [-0.15, -0.1) is 0 Å². The van der Waals surface area contributed by atoms with E-state index in [-0.39, 0.29) is 6.42 Å². The SMILES string of the molecule is CSCCC(NC(=O)C(N)C(C)O)C(=O)NC(CC(=O)O)C(=O)NC(CC(=O)O)C(=O)O. The molecule has 0 rings (SSSR count). The smallest absolute Gasteiger partial charge is 0.326 e. The molecule has 0 aromatic carbocycles. The Morgan fingerprint density at radius 3 is 1.69 bits per heavy atom. The first-order valence-electron chi connectivity index (χ1n) is 9.30. The van der Waals surface area contributed by atoms with E-state index in [1.165, 1.54) is 18.7 Å². The zero-order chi connectivity index (χ0) is 25.0. The van der Waals surface area contributed by atoms with Gasteiger partial charge in [0.2, 0.25) is 17.7 Å². The Hall–Kier alpha value is -2.91. The van der Waals surface area contributed by atoms with E-state index in [0.717, 1.165) is 0 Å². The molecule has 14 nitrogen and oxygen atoms in total. The van der Waals surface area contributed by atoms with Gasteiger partial charge in [0.05, 0.1) is 18.9 Å². The molecule has 0 radical (unpaired) electrons. The van der Waals surface area contributed by atoms with E-state index in [2.05, 4.69) is 10.6 Å². The molecule has 182 valence electrons. The molecule has 0 heterocycles. The zero-order valence-corrected chi connectivity index (χ0v) is 18.3. The molecule has 0 spiro atoms. The number of carbonyl (C=O) groups is 6. The van der Waals surface area contributed by atoms with Crippen LogP contribution in [0.1, 0.15) is 26.2 Å². The Balaban J connectivity index is 5.51. The van der Waals surface area contributed by atoms with Crippen LogP contribution in [0, 0.1) is 0 Å². The molecule has 0 saturated carbocycles. The minimum Gasteiger partial charge on any atom is -0.481 e. The molecular formula is C17H28N4O10S. The second-order valence-electron chi connectivity index (χ2n) is 6.77. The lowest BCUT2D eigenvalue weighted by molar-refractivity contribution is -0.148. The molecular weight excluding hydrogens is 452 g/mol. The summed E-state index contributed by atoms with van der Waals surface area (Å²) in [6.45, 7) is 1.27. The van der Waals surface area contributed by atoms with E-state index in [4.69, 9.17) is 21.1 Å². The van der Waals surface area contributed by atoms with Crippen molar-refractivity contribution in [3.05, 3.63) is 0 Å². The van der Waals surface area contributed by atoms with Crippen LogP contribution in [-0.2, 0) is 28.8 Å². The van der Waals surface area contributed by atoms with Crippen molar-refractivity contribution in [1.82, 2.24) is 16.0 Å². The summed E-state index contributed by atoms with van der Waals surface area (Å²) in [5.74, 6) is -7.34. The summed E-state index contributed by atoms with van der Waals surface area (Å²) in [5, 5.41) is 42.6. The summed E-state index contributed by atoms with van der Waals surface area (Å²) in [4.78, 5) is 70.2. The molecule has 0 aromatic rings. The molecule has 32 heavy (non-hydrogen) atoms. The van der Waals surface area contributed by atoms with Crippen LogP contribution in [-0.4, -0.2) is 98.3 Å². The Morgan fingerprint density at radius 2 is 1.25 bits per heavy atom. The highest BCUT2D eigenvalue weighted by Gasteiger charge is 2.32. The van der Waals surface area contributed by atoms with Gasteiger partial charge in [0, 0.05) is 0 Å². The largest absolute Gasteiger partial charge is 0.481 e. The van der Waals surface area contributed by atoms with Gasteiger partial charge in [0.25, 0.3) is 0 Å². The fourth-order valence-corrected chi connectivity index (χ4v) is 2.77. The predicted octanol–water partition coefficient (Wildman–Crippen LogP) is -3.06. The highest BCUT2D eigenvalue weighted by molar-refractivity contribution is 7.98. The minimum absolute atomic E-state index is 0.0729. The Bertz CT molecular complexity index is 717. The fraction of sp³-hybridized carbons (Fsp3) is 0.647. The van der Waals surface area contributed by atoms with Crippen molar-refractivity contribution >= 4 is 47.4 Å². The van der Waals surface area contributed by atoms with Gasteiger partial charge in [-0.1, -0.05) is 0 Å². The molecule has 5 unspecified atom stereocenters. The Labute approximate surface area is 187 Å². The van der Waals surface area contributed by atoms with E-state index in [1.54, 1.807) is 6.26 Å². The molecule has 0 aliphatic carbocycles. The summed E-state index contributed by atoms with van der Waals surface area (Å²) in [5.41, 5.74) is 5.53. The van der Waals surface area contributed by atoms with Crippen LogP contribution in [0.5, 0.6) is 0 Å². The van der Waals surface area contributed by atoms with Crippen LogP contribution in [0.15, 0.2) is 0 Å². The normalized spacial score (nSPS) is 15.4. The number of nitrogens with two attached hydrogens (primary N) is 1. The van der Waals surface area contributed by atoms with Crippen LogP contribution in [0.2, 0.25) is 0 Å². The summed E-state index contributed by atoms with van der Waals surface area (Å²) in [6, 6.07) is -6.19. The number of amides is 3. The number of carbonyl (C=O) groups excluding carboxylic acids is 3. The number of carboxylic acid groups (broad SMARTS) is 3. The maximum absolute atomic E-state index is 12.6. The van der Waals surface area contributed by atoms with E-state index < -0.39 is 78.7 Å². The van der Waals surface area contributed by atoms with Crippen molar-refractivity contribution in [3.63, 3.8) is 0 Å². The lowest BCUT2D eigenvalue weighted by Crippen LogP contribution is -2.58. The Morgan fingerprint density at radius 1 is 0.812 bits per heavy atom. The molecule has 0 aliphatic rings. The topological polar surface area (TPSA) is 245 Å². The monoisotopic (exact) mass is 480 g/mol. The van der Waals surface area contributed by atoms with E-state index >= 15 is 0 Å². The van der Waals surface area contributed by atoms with E-state index in [0.29, 0.717) is 5.75 Å². The number of carboxylic acids is 3. The maximum Gasteiger partial charge on any atom is 0.326 e. The molecule has 5 atom stereocenters. The van der Waals surface area contributed by atoms with Crippen LogP contribution in [0.25, 0.3) is 0 Å². The van der Waals surface area contributed by atoms with E-state index in [9.17, 15) is 33.9 Å². The number of hydrogen-bond donors (Lipinski definition) is 8. The van der Waals surface area contributed by atoms with Gasteiger partial charge in [-0.3, -0.25) is 24.0 Å². The van der Waals surface area contributed by atoms with Crippen molar-refractivity contribution in [2.75, 3.05) is 12.0 Å². The van der Waals surface area contributed by atoms with Gasteiger partial charge in [-0.2, -0.15) is 11.8 Å². The minimum atomic E-state index is -1.86. The van der Waals surface area contributed by atoms with Gasteiger partial charge in [-0.25, -0.2) is 4.79 Å². The van der Waals surface area contributed by atoms with Gasteiger partial charge in [-0.05, 0) is 25.4 Å². The molecule has 0 aromatic heterocycles. The summed E-state index contributed by atoms with van der Waals surface area (Å²) < 4.78 is 0. The van der Waals surface area contributed by atoms with E-state index in [1.807, 2.05) is 5.32 Å². The third-order valence-electron chi connectivity index (χ3n) is 4.07. The van der Waals surface area contributed by atoms with Gasteiger partial charge in [0.15, 0.2) is 0 Å². The van der Waals surface area contributed by atoms with Crippen LogP contribution in [0.3, 0.4) is 0 Å². The Kier molecular flexibility index (Phi) is 12.9. The second kappa shape index (κ2) is 14.2. The van der Waals surface area contributed by atoms with Crippen molar-refractivity contribution in [1.29, 1.82) is 0 Å². The number of rotatable bonds is 15. The number of hydrogen-bond acceptors (Lipinski definition) is 9. The van der Waals surface area contributed by atoms with Crippen molar-refractivity contribution in [2.24, 2.45) is 5.73 Å². The summed E-state index contributed by atoms with van der Waals surface area (Å²) >= 11 is 1.34. The molecule has 0 bridgehead atoms. The molecule has 0 fully saturated rings.